The Morgan fingerprint density at radius 2 is 1.91 bits per heavy atom. The van der Waals surface area contributed by atoms with E-state index in [0.29, 0.717) is 10.6 Å². The largest absolute Gasteiger partial charge is 0.533 e. The van der Waals surface area contributed by atoms with Crippen molar-refractivity contribution in [3.05, 3.63) is 34.9 Å². The Bertz CT molecular complexity index is 534. The Morgan fingerprint density at radius 3 is 2.45 bits per heavy atom. The van der Waals surface area contributed by atoms with Gasteiger partial charge in [-0.15, -0.1) is 11.6 Å². The minimum atomic E-state index is -0.951. The summed E-state index contributed by atoms with van der Waals surface area (Å²) < 4.78 is 4.72. The van der Waals surface area contributed by atoms with Crippen molar-refractivity contribution in [3.63, 3.8) is 0 Å². The zero-order chi connectivity index (χ0) is 16.8. The zero-order valence-corrected chi connectivity index (χ0v) is 14.3. The highest BCUT2D eigenvalue weighted by molar-refractivity contribution is 6.31. The van der Waals surface area contributed by atoms with E-state index in [9.17, 15) is 9.59 Å². The molecule has 5 nitrogen and oxygen atoms in total. The summed E-state index contributed by atoms with van der Waals surface area (Å²) in [5.74, 6) is -0.354. The number of carbonyl (C=O) groups is 2. The summed E-state index contributed by atoms with van der Waals surface area (Å²) >= 11 is 11.9. The lowest BCUT2D eigenvalue weighted by atomic mass is 9.95. The molecule has 122 valence electrons. The van der Waals surface area contributed by atoms with Crippen LogP contribution in [0.3, 0.4) is 0 Å². The molecule has 0 aromatic heterocycles. The van der Waals surface area contributed by atoms with E-state index in [1.807, 2.05) is 0 Å². The molecule has 0 spiro atoms. The van der Waals surface area contributed by atoms with Crippen molar-refractivity contribution in [2.24, 2.45) is 5.41 Å². The first-order chi connectivity index (χ1) is 10.3. The van der Waals surface area contributed by atoms with E-state index in [-0.39, 0.29) is 19.0 Å². The van der Waals surface area contributed by atoms with Gasteiger partial charge in [-0.1, -0.05) is 29.8 Å². The van der Waals surface area contributed by atoms with Crippen molar-refractivity contribution in [2.45, 2.75) is 27.3 Å². The van der Waals surface area contributed by atoms with Crippen molar-refractivity contribution in [1.82, 2.24) is 5.06 Å². The maximum Gasteiger partial charge on any atom is 0.533 e. The molecule has 1 aromatic carbocycles. The number of ether oxygens (including phenoxy) is 1. The Morgan fingerprint density at radius 1 is 1.27 bits per heavy atom. The van der Waals surface area contributed by atoms with Crippen LogP contribution in [0.1, 0.15) is 26.3 Å². The quantitative estimate of drug-likeness (QED) is 0.458. The van der Waals surface area contributed by atoms with E-state index in [0.717, 1.165) is 5.06 Å². The second-order valence-corrected chi connectivity index (χ2v) is 5.90. The van der Waals surface area contributed by atoms with Crippen molar-refractivity contribution in [3.8, 4) is 0 Å². The van der Waals surface area contributed by atoms with Crippen LogP contribution in [0.15, 0.2) is 24.3 Å². The molecule has 0 saturated carbocycles. The Balaban J connectivity index is 2.98. The second-order valence-electron chi connectivity index (χ2n) is 5.22. The molecule has 0 unspecified atom stereocenters. The number of rotatable bonds is 5. The van der Waals surface area contributed by atoms with E-state index in [1.165, 1.54) is 0 Å². The SMILES string of the molecule is CCOC(=O)ON(Cc1ccccc1Cl)C(=O)C(C)(C)CCl. The molecule has 0 radical (unpaired) electrons. The smallest absolute Gasteiger partial charge is 0.433 e. The lowest BCUT2D eigenvalue weighted by Crippen LogP contribution is -2.42. The number of nitrogens with zero attached hydrogens (tertiary/aromatic N) is 1. The molecular formula is C15H19Cl2NO4. The van der Waals surface area contributed by atoms with E-state index >= 15 is 0 Å². The van der Waals surface area contributed by atoms with Gasteiger partial charge in [-0.05, 0) is 32.4 Å². The third-order valence-corrected chi connectivity index (χ3v) is 3.90. The monoisotopic (exact) mass is 347 g/mol. The lowest BCUT2D eigenvalue weighted by Gasteiger charge is -2.28. The second kappa shape index (κ2) is 8.25. The fraction of sp³-hybridized carbons (Fsp3) is 0.467. The van der Waals surface area contributed by atoms with E-state index in [4.69, 9.17) is 32.8 Å². The molecule has 0 N–H and O–H groups in total. The number of alkyl halides is 1. The van der Waals surface area contributed by atoms with Crippen molar-refractivity contribution >= 4 is 35.3 Å². The topological polar surface area (TPSA) is 55.8 Å². The van der Waals surface area contributed by atoms with Gasteiger partial charge in [-0.2, -0.15) is 5.06 Å². The number of halogens is 2. The van der Waals surface area contributed by atoms with Gasteiger partial charge in [0.25, 0.3) is 5.91 Å². The molecule has 0 atom stereocenters. The molecule has 0 fully saturated rings. The molecule has 7 heteroatoms. The highest BCUT2D eigenvalue weighted by Gasteiger charge is 2.34. The predicted octanol–water partition coefficient (Wildman–Crippen LogP) is 4.02. The maximum atomic E-state index is 12.5. The number of benzene rings is 1. The summed E-state index contributed by atoms with van der Waals surface area (Å²) in [4.78, 5) is 29.1. The van der Waals surface area contributed by atoms with Gasteiger partial charge < -0.3 is 9.57 Å². The Labute approximate surface area is 140 Å². The molecule has 1 aromatic rings. The third-order valence-electron chi connectivity index (χ3n) is 2.86. The van der Waals surface area contributed by atoms with E-state index in [1.54, 1.807) is 45.0 Å². The molecule has 0 heterocycles. The van der Waals surface area contributed by atoms with Gasteiger partial charge in [0.15, 0.2) is 0 Å². The fourth-order valence-corrected chi connectivity index (χ4v) is 1.87. The third kappa shape index (κ3) is 5.07. The van der Waals surface area contributed by atoms with Gasteiger partial charge in [-0.3, -0.25) is 4.79 Å². The highest BCUT2D eigenvalue weighted by Crippen LogP contribution is 2.24. The van der Waals surface area contributed by atoms with Crippen molar-refractivity contribution < 1.29 is 19.2 Å². The molecule has 0 saturated heterocycles. The predicted molar refractivity (Wildman–Crippen MR) is 84.6 cm³/mol. The van der Waals surface area contributed by atoms with Crippen molar-refractivity contribution in [2.75, 3.05) is 12.5 Å². The van der Waals surface area contributed by atoms with Crippen LogP contribution in [-0.4, -0.2) is 29.6 Å². The van der Waals surface area contributed by atoms with Gasteiger partial charge >= 0.3 is 6.16 Å². The number of hydrogen-bond acceptors (Lipinski definition) is 4. The minimum absolute atomic E-state index is 0.0115. The number of hydroxylamine groups is 2. The van der Waals surface area contributed by atoms with Crippen molar-refractivity contribution in [1.29, 1.82) is 0 Å². The van der Waals surface area contributed by atoms with Gasteiger partial charge in [0.05, 0.1) is 18.6 Å². The van der Waals surface area contributed by atoms with Crippen LogP contribution in [0.25, 0.3) is 0 Å². The number of carbonyl (C=O) groups excluding carboxylic acids is 2. The summed E-state index contributed by atoms with van der Waals surface area (Å²) in [6.07, 6.45) is -0.951. The van der Waals surface area contributed by atoms with Crippen LogP contribution >= 0.6 is 23.2 Å². The van der Waals surface area contributed by atoms with Crippen LogP contribution in [-0.2, 0) is 20.9 Å². The maximum absolute atomic E-state index is 12.5. The number of amides is 1. The average molecular weight is 348 g/mol. The molecule has 0 bridgehead atoms. The first-order valence-electron chi connectivity index (χ1n) is 6.78. The Kier molecular flexibility index (Phi) is 6.97. The highest BCUT2D eigenvalue weighted by atomic mass is 35.5. The fourth-order valence-electron chi connectivity index (χ4n) is 1.56. The van der Waals surface area contributed by atoms with E-state index in [2.05, 4.69) is 0 Å². The number of hydrogen-bond donors (Lipinski definition) is 0. The molecule has 0 aliphatic carbocycles. The zero-order valence-electron chi connectivity index (χ0n) is 12.8. The van der Waals surface area contributed by atoms with Gasteiger partial charge in [0.1, 0.15) is 0 Å². The molecule has 0 aliphatic rings. The van der Waals surface area contributed by atoms with Crippen LogP contribution < -0.4 is 0 Å². The molecule has 1 rings (SSSR count). The summed E-state index contributed by atoms with van der Waals surface area (Å²) in [6, 6.07) is 6.98. The van der Waals surface area contributed by atoms with Crippen LogP contribution in [0.2, 0.25) is 5.02 Å². The van der Waals surface area contributed by atoms with Crippen LogP contribution in [0.4, 0.5) is 4.79 Å². The first kappa shape index (κ1) is 18.6. The minimum Gasteiger partial charge on any atom is -0.433 e. The summed E-state index contributed by atoms with van der Waals surface area (Å²) in [5, 5.41) is 1.40. The lowest BCUT2D eigenvalue weighted by molar-refractivity contribution is -0.184. The molecule has 0 aliphatic heterocycles. The average Bonchev–Trinajstić information content (AvgIpc) is 2.48. The Hall–Kier alpha value is -1.46. The van der Waals surface area contributed by atoms with Crippen LogP contribution in [0.5, 0.6) is 0 Å². The normalized spacial score (nSPS) is 11.0. The molecule has 22 heavy (non-hydrogen) atoms. The van der Waals surface area contributed by atoms with Gasteiger partial charge in [0, 0.05) is 10.9 Å². The molecule has 1 amide bonds. The molecular weight excluding hydrogens is 329 g/mol. The van der Waals surface area contributed by atoms with Gasteiger partial charge in [-0.25, -0.2) is 4.79 Å². The summed E-state index contributed by atoms with van der Waals surface area (Å²) in [5.41, 5.74) is -0.248. The van der Waals surface area contributed by atoms with Crippen LogP contribution in [0, 0.1) is 5.41 Å². The van der Waals surface area contributed by atoms with E-state index < -0.39 is 17.5 Å². The first-order valence-corrected chi connectivity index (χ1v) is 7.69. The standard InChI is InChI=1S/C15H19Cl2NO4/c1-4-21-14(20)22-18(13(19)15(2,3)10-16)9-11-7-5-6-8-12(11)17/h5-8H,4,9-10H2,1-3H3. The van der Waals surface area contributed by atoms with Gasteiger partial charge in [0.2, 0.25) is 0 Å². The summed E-state index contributed by atoms with van der Waals surface area (Å²) in [7, 11) is 0. The summed E-state index contributed by atoms with van der Waals surface area (Å²) in [6.45, 7) is 5.13.